The van der Waals surface area contributed by atoms with Crippen molar-refractivity contribution in [3.05, 3.63) is 27.5 Å². The number of halogens is 1. The molecule has 1 aliphatic heterocycles. The van der Waals surface area contributed by atoms with E-state index in [0.29, 0.717) is 10.2 Å². The lowest BCUT2D eigenvalue weighted by molar-refractivity contribution is -0.116. The van der Waals surface area contributed by atoms with Crippen molar-refractivity contribution in [3.8, 4) is 0 Å². The van der Waals surface area contributed by atoms with Gasteiger partial charge < -0.3 is 10.1 Å². The van der Waals surface area contributed by atoms with Crippen LogP contribution in [0.25, 0.3) is 0 Å². The summed E-state index contributed by atoms with van der Waals surface area (Å²) in [6, 6.07) is 0. The molecule has 7 nitrogen and oxygen atoms in total. The molecule has 1 N–H and O–H groups in total. The van der Waals surface area contributed by atoms with Crippen molar-refractivity contribution in [3.63, 3.8) is 0 Å². The highest BCUT2D eigenvalue weighted by atomic mass is 35.5. The number of aryl methyl sites for hydroxylation is 1. The first-order valence-electron chi connectivity index (χ1n) is 7.77. The largest absolute Gasteiger partial charge is 0.379 e. The van der Waals surface area contributed by atoms with Crippen LogP contribution in [0.4, 0.5) is 5.13 Å². The second-order valence-electron chi connectivity index (χ2n) is 5.72. The third-order valence-electron chi connectivity index (χ3n) is 3.87. The molecule has 0 unspecified atom stereocenters. The fourth-order valence-corrected chi connectivity index (χ4v) is 3.40. The van der Waals surface area contributed by atoms with E-state index >= 15 is 0 Å². The molecule has 1 amide bonds. The van der Waals surface area contributed by atoms with Crippen molar-refractivity contribution >= 4 is 34.0 Å². The molecule has 9 heteroatoms. The van der Waals surface area contributed by atoms with E-state index < -0.39 is 0 Å². The van der Waals surface area contributed by atoms with E-state index in [0.717, 1.165) is 49.9 Å². The Labute approximate surface area is 149 Å². The zero-order valence-electron chi connectivity index (χ0n) is 13.7. The van der Waals surface area contributed by atoms with Crippen molar-refractivity contribution < 1.29 is 9.53 Å². The highest BCUT2D eigenvalue weighted by molar-refractivity contribution is 7.13. The van der Waals surface area contributed by atoms with Crippen LogP contribution in [-0.4, -0.2) is 51.9 Å². The van der Waals surface area contributed by atoms with Gasteiger partial charge in [-0.3, -0.25) is 14.4 Å². The van der Waals surface area contributed by atoms with E-state index in [2.05, 4.69) is 20.3 Å². The van der Waals surface area contributed by atoms with Gasteiger partial charge in [-0.05, 0) is 13.8 Å². The minimum absolute atomic E-state index is 0.123. The van der Waals surface area contributed by atoms with Crippen molar-refractivity contribution in [2.75, 3.05) is 31.6 Å². The topological polar surface area (TPSA) is 72.3 Å². The number of nitrogens with one attached hydrogen (secondary N) is 1. The maximum Gasteiger partial charge on any atom is 0.247 e. The Balaban J connectivity index is 1.55. The SMILES string of the molecule is Cc1nn(CC(=O)Nc2nc(CN3CCOCC3)cs2)c(C)c1Cl. The Morgan fingerprint density at radius 2 is 2.17 bits per heavy atom. The van der Waals surface area contributed by atoms with Gasteiger partial charge in [0, 0.05) is 25.0 Å². The number of amides is 1. The molecule has 3 rings (SSSR count). The Hall–Kier alpha value is -1.48. The van der Waals surface area contributed by atoms with Crippen molar-refractivity contribution in [1.82, 2.24) is 19.7 Å². The van der Waals surface area contributed by atoms with Gasteiger partial charge >= 0.3 is 0 Å². The normalized spacial score (nSPS) is 15.6. The van der Waals surface area contributed by atoms with Gasteiger partial charge in [-0.2, -0.15) is 5.10 Å². The van der Waals surface area contributed by atoms with Gasteiger partial charge in [0.2, 0.25) is 5.91 Å². The van der Waals surface area contributed by atoms with Crippen molar-refractivity contribution in [2.24, 2.45) is 0 Å². The van der Waals surface area contributed by atoms with Crippen LogP contribution in [0.3, 0.4) is 0 Å². The number of ether oxygens (including phenoxy) is 1. The van der Waals surface area contributed by atoms with Gasteiger partial charge in [0.25, 0.3) is 0 Å². The first-order chi connectivity index (χ1) is 11.5. The van der Waals surface area contributed by atoms with Gasteiger partial charge in [0.1, 0.15) is 6.54 Å². The van der Waals surface area contributed by atoms with Crippen LogP contribution < -0.4 is 5.32 Å². The predicted octanol–water partition coefficient (Wildman–Crippen LogP) is 2.08. The molecule has 0 atom stereocenters. The molecule has 1 fully saturated rings. The number of hydrogen-bond acceptors (Lipinski definition) is 6. The summed E-state index contributed by atoms with van der Waals surface area (Å²) in [6.45, 7) is 7.93. The lowest BCUT2D eigenvalue weighted by atomic mass is 10.4. The van der Waals surface area contributed by atoms with E-state index in [4.69, 9.17) is 16.3 Å². The van der Waals surface area contributed by atoms with E-state index in [-0.39, 0.29) is 12.5 Å². The third kappa shape index (κ3) is 4.13. The standard InChI is InChI=1S/C15H20ClN5O2S/c1-10-14(16)11(2)21(19-10)8-13(22)18-15-17-12(9-24-15)7-20-3-5-23-6-4-20/h9H,3-8H2,1-2H3,(H,17,18,22). The van der Waals surface area contributed by atoms with Crippen LogP contribution in [0.1, 0.15) is 17.1 Å². The summed E-state index contributed by atoms with van der Waals surface area (Å²) in [5, 5.41) is 10.3. The summed E-state index contributed by atoms with van der Waals surface area (Å²) < 4.78 is 6.94. The highest BCUT2D eigenvalue weighted by Crippen LogP contribution is 2.20. The number of nitrogens with zero attached hydrogens (tertiary/aromatic N) is 4. The van der Waals surface area contributed by atoms with Crippen LogP contribution in [0, 0.1) is 13.8 Å². The summed E-state index contributed by atoms with van der Waals surface area (Å²) in [4.78, 5) is 19.0. The lowest BCUT2D eigenvalue weighted by Crippen LogP contribution is -2.35. The minimum Gasteiger partial charge on any atom is -0.379 e. The summed E-state index contributed by atoms with van der Waals surface area (Å²) >= 11 is 7.53. The first kappa shape index (κ1) is 17.3. The maximum absolute atomic E-state index is 12.2. The molecule has 0 spiro atoms. The number of carbonyl (C=O) groups is 1. The third-order valence-corrected chi connectivity index (χ3v) is 5.23. The number of rotatable bonds is 5. The summed E-state index contributed by atoms with van der Waals surface area (Å²) in [7, 11) is 0. The summed E-state index contributed by atoms with van der Waals surface area (Å²) in [6.07, 6.45) is 0. The van der Waals surface area contributed by atoms with E-state index in [9.17, 15) is 4.79 Å². The molecule has 2 aromatic heterocycles. The van der Waals surface area contributed by atoms with E-state index in [1.54, 1.807) is 4.68 Å². The molecule has 0 aliphatic carbocycles. The highest BCUT2D eigenvalue weighted by Gasteiger charge is 2.15. The van der Waals surface area contributed by atoms with Crippen molar-refractivity contribution in [2.45, 2.75) is 26.9 Å². The van der Waals surface area contributed by atoms with Gasteiger partial charge in [0.15, 0.2) is 5.13 Å². The van der Waals surface area contributed by atoms with Crippen molar-refractivity contribution in [1.29, 1.82) is 0 Å². The van der Waals surface area contributed by atoms with Crippen LogP contribution in [0.15, 0.2) is 5.38 Å². The monoisotopic (exact) mass is 369 g/mol. The number of morpholine rings is 1. The molecule has 0 bridgehead atoms. The zero-order valence-corrected chi connectivity index (χ0v) is 15.3. The fraction of sp³-hybridized carbons (Fsp3) is 0.533. The molecule has 1 saturated heterocycles. The molecule has 0 aromatic carbocycles. The molecule has 0 radical (unpaired) electrons. The molecule has 2 aromatic rings. The Morgan fingerprint density at radius 3 is 2.83 bits per heavy atom. The first-order valence-corrected chi connectivity index (χ1v) is 9.02. The quantitative estimate of drug-likeness (QED) is 0.873. The second kappa shape index (κ2) is 7.60. The summed E-state index contributed by atoms with van der Waals surface area (Å²) in [5.41, 5.74) is 2.48. The Morgan fingerprint density at radius 1 is 1.42 bits per heavy atom. The Kier molecular flexibility index (Phi) is 5.50. The average Bonchev–Trinajstić information content (AvgIpc) is 3.09. The summed E-state index contributed by atoms with van der Waals surface area (Å²) in [5.74, 6) is -0.162. The van der Waals surface area contributed by atoms with Crippen LogP contribution >= 0.6 is 22.9 Å². The number of anilines is 1. The molecule has 1 aliphatic rings. The number of hydrogen-bond donors (Lipinski definition) is 1. The maximum atomic E-state index is 12.2. The minimum atomic E-state index is -0.162. The van der Waals surface area contributed by atoms with Crippen LogP contribution in [0.5, 0.6) is 0 Å². The van der Waals surface area contributed by atoms with Gasteiger partial charge in [-0.25, -0.2) is 4.98 Å². The number of aromatic nitrogens is 3. The molecule has 3 heterocycles. The van der Waals surface area contributed by atoms with Crippen LogP contribution in [-0.2, 0) is 22.6 Å². The second-order valence-corrected chi connectivity index (χ2v) is 6.96. The van der Waals surface area contributed by atoms with E-state index in [1.807, 2.05) is 19.2 Å². The molecular weight excluding hydrogens is 350 g/mol. The smallest absolute Gasteiger partial charge is 0.247 e. The van der Waals surface area contributed by atoms with Gasteiger partial charge in [-0.1, -0.05) is 11.6 Å². The van der Waals surface area contributed by atoms with Crippen LogP contribution in [0.2, 0.25) is 5.02 Å². The predicted molar refractivity (Wildman–Crippen MR) is 93.6 cm³/mol. The van der Waals surface area contributed by atoms with E-state index in [1.165, 1.54) is 11.3 Å². The molecule has 24 heavy (non-hydrogen) atoms. The Bertz CT molecular complexity index is 724. The zero-order chi connectivity index (χ0) is 17.1. The number of thiazole rings is 1. The molecule has 130 valence electrons. The van der Waals surface area contributed by atoms with Gasteiger partial charge in [-0.15, -0.1) is 11.3 Å². The average molecular weight is 370 g/mol. The molecular formula is C15H20ClN5O2S. The number of carbonyl (C=O) groups excluding carboxylic acids is 1. The lowest BCUT2D eigenvalue weighted by Gasteiger charge is -2.25. The fourth-order valence-electron chi connectivity index (χ4n) is 2.55. The van der Waals surface area contributed by atoms with Gasteiger partial charge in [0.05, 0.1) is 35.3 Å². The molecule has 0 saturated carbocycles.